The number of rotatable bonds is 6. The van der Waals surface area contributed by atoms with E-state index in [4.69, 9.17) is 4.74 Å². The number of ether oxygens (including phenoxy) is 1. The van der Waals surface area contributed by atoms with Crippen LogP contribution in [0.5, 0.6) is 5.75 Å². The largest absolute Gasteiger partial charge is 0.492 e. The van der Waals surface area contributed by atoms with Crippen LogP contribution in [0.3, 0.4) is 0 Å². The smallest absolute Gasteiger partial charge is 0.119 e. The minimum atomic E-state index is 0.742. The van der Waals surface area contributed by atoms with Gasteiger partial charge in [0.1, 0.15) is 12.4 Å². The maximum atomic E-state index is 5.72. The lowest BCUT2D eigenvalue weighted by Gasteiger charge is -2.29. The average molecular weight is 262 g/mol. The fourth-order valence-corrected chi connectivity index (χ4v) is 2.69. The van der Waals surface area contributed by atoms with Gasteiger partial charge in [-0.1, -0.05) is 12.1 Å². The minimum absolute atomic E-state index is 0.742. The third-order valence-corrected chi connectivity index (χ3v) is 3.69. The molecule has 1 aliphatic heterocycles. The molecule has 106 valence electrons. The quantitative estimate of drug-likeness (QED) is 0.796. The van der Waals surface area contributed by atoms with Gasteiger partial charge in [0, 0.05) is 13.1 Å². The molecule has 3 nitrogen and oxygen atoms in total. The van der Waals surface area contributed by atoms with Crippen LogP contribution in [0.25, 0.3) is 0 Å². The fraction of sp³-hybridized carbons (Fsp3) is 0.625. The first kappa shape index (κ1) is 14.4. The van der Waals surface area contributed by atoms with E-state index in [2.05, 4.69) is 36.3 Å². The van der Waals surface area contributed by atoms with Crippen LogP contribution in [0.15, 0.2) is 24.3 Å². The van der Waals surface area contributed by atoms with E-state index in [9.17, 15) is 0 Å². The Balaban J connectivity index is 1.57. The van der Waals surface area contributed by atoms with Gasteiger partial charge in [-0.15, -0.1) is 0 Å². The van der Waals surface area contributed by atoms with Gasteiger partial charge in [-0.05, 0) is 63.5 Å². The molecule has 0 bridgehead atoms. The maximum absolute atomic E-state index is 5.72. The van der Waals surface area contributed by atoms with Gasteiger partial charge in [0.25, 0.3) is 0 Å². The van der Waals surface area contributed by atoms with Crippen LogP contribution in [0.1, 0.15) is 18.4 Å². The number of likely N-dealkylation sites (tertiary alicyclic amines) is 1. The van der Waals surface area contributed by atoms with Crippen LogP contribution in [-0.4, -0.2) is 44.7 Å². The molecule has 1 N–H and O–H groups in total. The lowest BCUT2D eigenvalue weighted by atomic mass is 9.98. The highest BCUT2D eigenvalue weighted by Gasteiger charge is 2.16. The molecule has 0 radical (unpaired) electrons. The summed E-state index contributed by atoms with van der Waals surface area (Å²) in [6, 6.07) is 8.22. The molecule has 1 aromatic rings. The van der Waals surface area contributed by atoms with Crippen molar-refractivity contribution in [2.45, 2.75) is 19.8 Å². The van der Waals surface area contributed by atoms with Gasteiger partial charge in [-0.3, -0.25) is 0 Å². The minimum Gasteiger partial charge on any atom is -0.492 e. The summed E-state index contributed by atoms with van der Waals surface area (Å²) in [7, 11) is 2.22. The van der Waals surface area contributed by atoms with Gasteiger partial charge < -0.3 is 15.0 Å². The van der Waals surface area contributed by atoms with Crippen molar-refractivity contribution in [2.75, 3.05) is 39.8 Å². The molecule has 1 aliphatic rings. The van der Waals surface area contributed by atoms with E-state index < -0.39 is 0 Å². The zero-order chi connectivity index (χ0) is 13.5. The number of nitrogens with zero attached hydrogens (tertiary/aromatic N) is 1. The van der Waals surface area contributed by atoms with Crippen molar-refractivity contribution in [1.29, 1.82) is 0 Å². The predicted octanol–water partition coefficient (Wildman–Crippen LogP) is 2.31. The lowest BCUT2D eigenvalue weighted by molar-refractivity contribution is 0.203. The Bertz CT molecular complexity index is 381. The lowest BCUT2D eigenvalue weighted by Crippen LogP contribution is -2.38. The fourth-order valence-electron chi connectivity index (χ4n) is 2.69. The Kier molecular flexibility index (Phi) is 5.67. The molecule has 0 saturated carbocycles. The molecule has 1 unspecified atom stereocenters. The molecular weight excluding hydrogens is 236 g/mol. The number of aryl methyl sites for hydroxylation is 1. The molecule has 1 aromatic carbocycles. The van der Waals surface area contributed by atoms with Crippen LogP contribution in [0.2, 0.25) is 0 Å². The van der Waals surface area contributed by atoms with Crippen molar-refractivity contribution in [2.24, 2.45) is 5.92 Å². The third-order valence-electron chi connectivity index (χ3n) is 3.69. The summed E-state index contributed by atoms with van der Waals surface area (Å²) in [5.74, 6) is 1.77. The number of hydrogen-bond donors (Lipinski definition) is 1. The van der Waals surface area contributed by atoms with Gasteiger partial charge in [-0.25, -0.2) is 0 Å². The Hall–Kier alpha value is -1.06. The molecule has 0 aromatic heterocycles. The van der Waals surface area contributed by atoms with E-state index in [-0.39, 0.29) is 0 Å². The highest BCUT2D eigenvalue weighted by Crippen LogP contribution is 2.14. The number of piperidine rings is 1. The molecule has 3 heteroatoms. The molecule has 1 heterocycles. The van der Waals surface area contributed by atoms with Crippen molar-refractivity contribution in [1.82, 2.24) is 10.2 Å². The Morgan fingerprint density at radius 1 is 1.42 bits per heavy atom. The van der Waals surface area contributed by atoms with E-state index in [1.807, 2.05) is 12.1 Å². The van der Waals surface area contributed by atoms with E-state index >= 15 is 0 Å². The second-order valence-corrected chi connectivity index (χ2v) is 5.64. The van der Waals surface area contributed by atoms with Crippen LogP contribution in [0.4, 0.5) is 0 Å². The Morgan fingerprint density at radius 3 is 3.11 bits per heavy atom. The van der Waals surface area contributed by atoms with Gasteiger partial charge in [0.2, 0.25) is 0 Å². The van der Waals surface area contributed by atoms with Crippen molar-refractivity contribution in [3.63, 3.8) is 0 Å². The molecule has 2 rings (SSSR count). The van der Waals surface area contributed by atoms with E-state index in [1.54, 1.807) is 0 Å². The predicted molar refractivity (Wildman–Crippen MR) is 79.8 cm³/mol. The van der Waals surface area contributed by atoms with E-state index in [1.165, 1.54) is 31.5 Å². The van der Waals surface area contributed by atoms with Crippen LogP contribution in [0, 0.1) is 12.8 Å². The van der Waals surface area contributed by atoms with Gasteiger partial charge >= 0.3 is 0 Å². The molecular formula is C16H26N2O. The Labute approximate surface area is 116 Å². The van der Waals surface area contributed by atoms with Gasteiger partial charge in [0.15, 0.2) is 0 Å². The summed E-state index contributed by atoms with van der Waals surface area (Å²) in [6.07, 6.45) is 2.69. The van der Waals surface area contributed by atoms with Crippen LogP contribution in [-0.2, 0) is 0 Å². The standard InChI is InChI=1S/C16H26N2O/c1-14-5-3-7-16(11-14)19-10-8-17-12-15-6-4-9-18(2)13-15/h3,5,7,11,15,17H,4,6,8-10,12-13H2,1-2H3. The summed E-state index contributed by atoms with van der Waals surface area (Å²) in [4.78, 5) is 2.43. The summed E-state index contributed by atoms with van der Waals surface area (Å²) < 4.78 is 5.72. The van der Waals surface area contributed by atoms with Gasteiger partial charge in [0.05, 0.1) is 0 Å². The van der Waals surface area contributed by atoms with Crippen LogP contribution >= 0.6 is 0 Å². The van der Waals surface area contributed by atoms with Crippen molar-refractivity contribution >= 4 is 0 Å². The first-order valence-corrected chi connectivity index (χ1v) is 7.33. The van der Waals surface area contributed by atoms with Crippen molar-refractivity contribution in [3.05, 3.63) is 29.8 Å². The van der Waals surface area contributed by atoms with E-state index in [0.717, 1.165) is 31.4 Å². The van der Waals surface area contributed by atoms with E-state index in [0.29, 0.717) is 0 Å². The zero-order valence-electron chi connectivity index (χ0n) is 12.2. The summed E-state index contributed by atoms with van der Waals surface area (Å²) >= 11 is 0. The highest BCUT2D eigenvalue weighted by atomic mass is 16.5. The Morgan fingerprint density at radius 2 is 2.32 bits per heavy atom. The van der Waals surface area contributed by atoms with Crippen molar-refractivity contribution < 1.29 is 4.74 Å². The maximum Gasteiger partial charge on any atom is 0.119 e. The van der Waals surface area contributed by atoms with Crippen LogP contribution < -0.4 is 10.1 Å². The summed E-state index contributed by atoms with van der Waals surface area (Å²) in [5, 5.41) is 3.51. The molecule has 1 atom stereocenters. The first-order chi connectivity index (χ1) is 9.24. The number of nitrogens with one attached hydrogen (secondary N) is 1. The molecule has 0 amide bonds. The molecule has 0 spiro atoms. The number of benzene rings is 1. The molecule has 1 saturated heterocycles. The van der Waals surface area contributed by atoms with Crippen molar-refractivity contribution in [3.8, 4) is 5.75 Å². The molecule has 0 aliphatic carbocycles. The second kappa shape index (κ2) is 7.51. The zero-order valence-corrected chi connectivity index (χ0v) is 12.2. The number of hydrogen-bond acceptors (Lipinski definition) is 3. The summed E-state index contributed by atoms with van der Waals surface area (Å²) in [6.45, 7) is 7.35. The third kappa shape index (κ3) is 5.21. The first-order valence-electron chi connectivity index (χ1n) is 7.33. The summed E-state index contributed by atoms with van der Waals surface area (Å²) in [5.41, 5.74) is 1.25. The molecule has 1 fully saturated rings. The second-order valence-electron chi connectivity index (χ2n) is 5.64. The molecule has 19 heavy (non-hydrogen) atoms. The monoisotopic (exact) mass is 262 g/mol. The highest BCUT2D eigenvalue weighted by molar-refractivity contribution is 5.27. The normalized spacial score (nSPS) is 20.4. The van der Waals surface area contributed by atoms with Gasteiger partial charge in [-0.2, -0.15) is 0 Å². The SMILES string of the molecule is Cc1cccc(OCCNCC2CCCN(C)C2)c1. The topological polar surface area (TPSA) is 24.5 Å². The average Bonchev–Trinajstić information content (AvgIpc) is 2.38.